The van der Waals surface area contributed by atoms with Crippen LogP contribution in [0.2, 0.25) is 0 Å². The molecule has 3 heteroatoms. The van der Waals surface area contributed by atoms with E-state index >= 15 is 0 Å². The summed E-state index contributed by atoms with van der Waals surface area (Å²) in [4.78, 5) is 3.17. The van der Waals surface area contributed by atoms with Crippen LogP contribution in [0.25, 0.3) is 10.9 Å². The number of nitrogens with one attached hydrogen (secondary N) is 1. The Morgan fingerprint density at radius 3 is 2.81 bits per heavy atom. The molecule has 0 aliphatic heterocycles. The van der Waals surface area contributed by atoms with Gasteiger partial charge in [0.15, 0.2) is 0 Å². The monoisotopic (exact) mass is 218 g/mol. The molecule has 0 spiro atoms. The number of aromatic amines is 1. The number of fused-ring (bicyclic) bond motifs is 1. The van der Waals surface area contributed by atoms with Crippen LogP contribution < -0.4 is 5.73 Å². The topological polar surface area (TPSA) is 62.0 Å². The molecular formula is C13H18N2O. The Balaban J connectivity index is 2.51. The highest BCUT2D eigenvalue weighted by atomic mass is 16.3. The van der Waals surface area contributed by atoms with Crippen LogP contribution in [0.15, 0.2) is 30.5 Å². The van der Waals surface area contributed by atoms with Gasteiger partial charge in [0, 0.05) is 35.2 Å². The summed E-state index contributed by atoms with van der Waals surface area (Å²) in [6.07, 6.45) is 1.91. The molecule has 86 valence electrons. The molecule has 0 aliphatic carbocycles. The van der Waals surface area contributed by atoms with E-state index in [1.165, 1.54) is 0 Å². The van der Waals surface area contributed by atoms with Crippen molar-refractivity contribution in [1.82, 2.24) is 4.98 Å². The predicted octanol–water partition coefficient (Wildman–Crippen LogP) is 2.19. The average molecular weight is 218 g/mol. The van der Waals surface area contributed by atoms with Gasteiger partial charge in [0.1, 0.15) is 0 Å². The van der Waals surface area contributed by atoms with Gasteiger partial charge < -0.3 is 15.8 Å². The van der Waals surface area contributed by atoms with Crippen molar-refractivity contribution in [3.05, 3.63) is 36.0 Å². The van der Waals surface area contributed by atoms with Crippen LogP contribution in [0.5, 0.6) is 0 Å². The van der Waals surface area contributed by atoms with Crippen LogP contribution >= 0.6 is 0 Å². The number of aromatic nitrogens is 1. The van der Waals surface area contributed by atoms with Crippen molar-refractivity contribution in [2.45, 2.75) is 19.9 Å². The fourth-order valence-electron chi connectivity index (χ4n) is 1.90. The fourth-order valence-corrected chi connectivity index (χ4v) is 1.90. The Morgan fingerprint density at radius 2 is 2.12 bits per heavy atom. The lowest BCUT2D eigenvalue weighted by atomic mass is 9.81. The summed E-state index contributed by atoms with van der Waals surface area (Å²) in [5, 5.41) is 10.5. The Bertz CT molecular complexity index is 487. The molecule has 0 aliphatic rings. The predicted molar refractivity (Wildman–Crippen MR) is 66.1 cm³/mol. The Labute approximate surface area is 95.3 Å². The molecule has 0 bridgehead atoms. The molecule has 0 amide bonds. The highest BCUT2D eigenvalue weighted by Crippen LogP contribution is 2.34. The first kappa shape index (κ1) is 11.2. The highest BCUT2D eigenvalue weighted by molar-refractivity contribution is 5.83. The van der Waals surface area contributed by atoms with Crippen molar-refractivity contribution in [2.24, 2.45) is 11.1 Å². The fraction of sp³-hybridized carbons (Fsp3) is 0.385. The van der Waals surface area contributed by atoms with Crippen molar-refractivity contribution in [3.63, 3.8) is 0 Å². The van der Waals surface area contributed by atoms with E-state index in [0.717, 1.165) is 16.5 Å². The van der Waals surface area contributed by atoms with Crippen molar-refractivity contribution in [3.8, 4) is 0 Å². The van der Waals surface area contributed by atoms with Gasteiger partial charge in [-0.1, -0.05) is 26.0 Å². The average Bonchev–Trinajstić information content (AvgIpc) is 2.75. The summed E-state index contributed by atoms with van der Waals surface area (Å²) in [5.74, 6) is 0. The number of hydrogen-bond donors (Lipinski definition) is 3. The number of benzene rings is 1. The van der Waals surface area contributed by atoms with Gasteiger partial charge in [-0.2, -0.15) is 0 Å². The molecule has 0 radical (unpaired) electrons. The molecule has 2 aromatic rings. The van der Waals surface area contributed by atoms with E-state index in [9.17, 15) is 5.11 Å². The molecule has 1 heterocycles. The van der Waals surface area contributed by atoms with Crippen molar-refractivity contribution >= 4 is 10.9 Å². The summed E-state index contributed by atoms with van der Waals surface area (Å²) in [5.41, 5.74) is 8.09. The van der Waals surface area contributed by atoms with E-state index in [4.69, 9.17) is 5.73 Å². The first-order valence-corrected chi connectivity index (χ1v) is 5.49. The summed E-state index contributed by atoms with van der Waals surface area (Å²) in [6, 6.07) is 7.90. The third-order valence-electron chi connectivity index (χ3n) is 3.21. The van der Waals surface area contributed by atoms with Gasteiger partial charge >= 0.3 is 0 Å². The number of hydrogen-bond acceptors (Lipinski definition) is 2. The van der Waals surface area contributed by atoms with Gasteiger partial charge in [0.2, 0.25) is 0 Å². The maximum Gasteiger partial charge on any atom is 0.0500 e. The van der Waals surface area contributed by atoms with Crippen LogP contribution in [0.1, 0.15) is 25.5 Å². The first-order chi connectivity index (χ1) is 7.56. The summed E-state index contributed by atoms with van der Waals surface area (Å²) >= 11 is 0. The van der Waals surface area contributed by atoms with Crippen LogP contribution in [-0.4, -0.2) is 16.7 Å². The maximum atomic E-state index is 9.36. The first-order valence-electron chi connectivity index (χ1n) is 5.49. The molecule has 0 fully saturated rings. The van der Waals surface area contributed by atoms with Crippen molar-refractivity contribution < 1.29 is 5.11 Å². The second-order valence-electron chi connectivity index (χ2n) is 4.91. The van der Waals surface area contributed by atoms with E-state index in [0.29, 0.717) is 0 Å². The minimum Gasteiger partial charge on any atom is -0.396 e. The summed E-state index contributed by atoms with van der Waals surface area (Å²) in [7, 11) is 0. The van der Waals surface area contributed by atoms with Gasteiger partial charge in [-0.15, -0.1) is 0 Å². The number of aliphatic hydroxyl groups is 1. The number of rotatable bonds is 3. The number of H-pyrrole nitrogens is 1. The largest absolute Gasteiger partial charge is 0.396 e. The van der Waals surface area contributed by atoms with Crippen LogP contribution in [0.3, 0.4) is 0 Å². The molecule has 0 unspecified atom stereocenters. The smallest absolute Gasteiger partial charge is 0.0500 e. The lowest BCUT2D eigenvalue weighted by molar-refractivity contribution is 0.133. The minimum atomic E-state index is -0.314. The molecule has 3 nitrogen and oxygen atoms in total. The molecular weight excluding hydrogens is 200 g/mol. The van der Waals surface area contributed by atoms with Gasteiger partial charge in [0.25, 0.3) is 0 Å². The molecule has 4 N–H and O–H groups in total. The molecule has 1 atom stereocenters. The Morgan fingerprint density at radius 1 is 1.38 bits per heavy atom. The van der Waals surface area contributed by atoms with E-state index in [1.807, 2.05) is 44.3 Å². The Kier molecular flexibility index (Phi) is 2.74. The van der Waals surface area contributed by atoms with E-state index in [-0.39, 0.29) is 18.1 Å². The van der Waals surface area contributed by atoms with Crippen LogP contribution in [0.4, 0.5) is 0 Å². The minimum absolute atomic E-state index is 0.0784. The lowest BCUT2D eigenvalue weighted by Gasteiger charge is -2.30. The molecule has 0 saturated heterocycles. The third kappa shape index (κ3) is 1.72. The Hall–Kier alpha value is -1.32. The summed E-state index contributed by atoms with van der Waals surface area (Å²) < 4.78 is 0. The van der Waals surface area contributed by atoms with Crippen molar-refractivity contribution in [2.75, 3.05) is 6.61 Å². The zero-order chi connectivity index (χ0) is 11.8. The normalized spacial score (nSPS) is 14.2. The zero-order valence-corrected chi connectivity index (χ0v) is 9.70. The SMILES string of the molecule is CC(C)(CO)[C@H](N)c1cccc2[nH]ccc12. The standard InChI is InChI=1S/C13H18N2O/c1-13(2,8-16)12(14)10-4-3-5-11-9(10)6-7-15-11/h3-7,12,15-16H,8,14H2,1-2H3/t12-/m1/s1. The molecule has 1 aromatic carbocycles. The lowest BCUT2D eigenvalue weighted by Crippen LogP contribution is -2.32. The van der Waals surface area contributed by atoms with E-state index in [1.54, 1.807) is 0 Å². The van der Waals surface area contributed by atoms with Crippen LogP contribution in [0, 0.1) is 5.41 Å². The molecule has 0 saturated carbocycles. The molecule has 16 heavy (non-hydrogen) atoms. The molecule has 1 aromatic heterocycles. The zero-order valence-electron chi connectivity index (χ0n) is 9.70. The number of aliphatic hydroxyl groups excluding tert-OH is 1. The number of nitrogens with two attached hydrogens (primary N) is 1. The second kappa shape index (κ2) is 3.92. The van der Waals surface area contributed by atoms with Gasteiger partial charge in [0.05, 0.1) is 0 Å². The third-order valence-corrected chi connectivity index (χ3v) is 3.21. The molecule has 2 rings (SSSR count). The van der Waals surface area contributed by atoms with Gasteiger partial charge in [-0.3, -0.25) is 0 Å². The highest BCUT2D eigenvalue weighted by Gasteiger charge is 2.28. The van der Waals surface area contributed by atoms with Crippen molar-refractivity contribution in [1.29, 1.82) is 0 Å². The van der Waals surface area contributed by atoms with Gasteiger partial charge in [-0.05, 0) is 17.7 Å². The summed E-state index contributed by atoms with van der Waals surface area (Å²) in [6.45, 7) is 4.03. The second-order valence-corrected chi connectivity index (χ2v) is 4.91. The van der Waals surface area contributed by atoms with E-state index in [2.05, 4.69) is 4.98 Å². The van der Waals surface area contributed by atoms with Crippen LogP contribution in [-0.2, 0) is 0 Å². The maximum absolute atomic E-state index is 9.36. The van der Waals surface area contributed by atoms with E-state index < -0.39 is 0 Å². The quantitative estimate of drug-likeness (QED) is 0.739. The van der Waals surface area contributed by atoms with Gasteiger partial charge in [-0.25, -0.2) is 0 Å².